The van der Waals surface area contributed by atoms with E-state index in [2.05, 4.69) is 5.10 Å². The number of hydrogen-bond acceptors (Lipinski definition) is 1. The molecule has 1 heterocycles. The van der Waals surface area contributed by atoms with E-state index in [0.29, 0.717) is 6.42 Å². The van der Waals surface area contributed by atoms with Crippen LogP contribution in [0.4, 0.5) is 4.39 Å². The number of hydrogen-bond donors (Lipinski definition) is 0. The van der Waals surface area contributed by atoms with Gasteiger partial charge in [-0.1, -0.05) is 6.92 Å². The fraction of sp³-hybridized carbons (Fsp3) is 0.300. The largest absolute Gasteiger partial charge is 0.268 e. The van der Waals surface area contributed by atoms with E-state index in [9.17, 15) is 4.39 Å². The molecule has 1 aromatic heterocycles. The van der Waals surface area contributed by atoms with Crippen LogP contribution in [0.15, 0.2) is 18.3 Å². The first-order chi connectivity index (χ1) is 6.24. The highest BCUT2D eigenvalue weighted by atomic mass is 19.1. The smallest absolute Gasteiger partial charge is 0.128 e. The second-order valence-corrected chi connectivity index (χ2v) is 3.09. The average molecular weight is 178 g/mol. The second-order valence-electron chi connectivity index (χ2n) is 3.09. The van der Waals surface area contributed by atoms with E-state index >= 15 is 0 Å². The van der Waals surface area contributed by atoms with E-state index in [-0.39, 0.29) is 5.82 Å². The molecule has 2 rings (SSSR count). The Balaban J connectivity index is 2.88. The third kappa shape index (κ3) is 1.11. The summed E-state index contributed by atoms with van der Waals surface area (Å²) in [5.41, 5.74) is 1.65. The first kappa shape index (κ1) is 8.23. The van der Waals surface area contributed by atoms with Crippen LogP contribution in [0.3, 0.4) is 0 Å². The van der Waals surface area contributed by atoms with Crippen LogP contribution in [0.2, 0.25) is 0 Å². The SMILES string of the molecule is CCc1c(F)ccc2cnn(C)c12. The maximum atomic E-state index is 13.3. The van der Waals surface area contributed by atoms with Crippen LogP contribution in [0.25, 0.3) is 10.9 Å². The van der Waals surface area contributed by atoms with E-state index in [1.807, 2.05) is 14.0 Å². The zero-order chi connectivity index (χ0) is 9.42. The normalized spacial score (nSPS) is 11.0. The van der Waals surface area contributed by atoms with E-state index in [1.54, 1.807) is 16.9 Å². The zero-order valence-electron chi connectivity index (χ0n) is 7.71. The zero-order valence-corrected chi connectivity index (χ0v) is 7.71. The summed E-state index contributed by atoms with van der Waals surface area (Å²) in [7, 11) is 1.83. The molecule has 0 saturated heterocycles. The van der Waals surface area contributed by atoms with Crippen molar-refractivity contribution in [2.24, 2.45) is 7.05 Å². The summed E-state index contributed by atoms with van der Waals surface area (Å²) in [5.74, 6) is -0.140. The van der Waals surface area contributed by atoms with Gasteiger partial charge in [0.05, 0.1) is 11.7 Å². The van der Waals surface area contributed by atoms with Gasteiger partial charge in [0, 0.05) is 18.0 Å². The highest BCUT2D eigenvalue weighted by molar-refractivity contribution is 5.82. The Hall–Kier alpha value is -1.38. The summed E-state index contributed by atoms with van der Waals surface area (Å²) >= 11 is 0. The van der Waals surface area contributed by atoms with Crippen molar-refractivity contribution in [3.8, 4) is 0 Å². The van der Waals surface area contributed by atoms with Crippen molar-refractivity contribution in [1.29, 1.82) is 0 Å². The van der Waals surface area contributed by atoms with Crippen molar-refractivity contribution < 1.29 is 4.39 Å². The molecule has 0 aliphatic rings. The third-order valence-electron chi connectivity index (χ3n) is 2.30. The molecule has 3 heteroatoms. The molecule has 0 N–H and O–H groups in total. The Morgan fingerprint density at radius 1 is 1.46 bits per heavy atom. The first-order valence-corrected chi connectivity index (χ1v) is 4.33. The summed E-state index contributed by atoms with van der Waals surface area (Å²) in [4.78, 5) is 0. The summed E-state index contributed by atoms with van der Waals surface area (Å²) < 4.78 is 15.1. The Labute approximate surface area is 76.0 Å². The van der Waals surface area contributed by atoms with Gasteiger partial charge in [0.2, 0.25) is 0 Å². The van der Waals surface area contributed by atoms with Gasteiger partial charge < -0.3 is 0 Å². The van der Waals surface area contributed by atoms with Gasteiger partial charge in [-0.15, -0.1) is 0 Å². The third-order valence-corrected chi connectivity index (χ3v) is 2.30. The van der Waals surface area contributed by atoms with Gasteiger partial charge in [-0.05, 0) is 18.6 Å². The van der Waals surface area contributed by atoms with Gasteiger partial charge in [0.15, 0.2) is 0 Å². The predicted molar refractivity (Wildman–Crippen MR) is 50.1 cm³/mol. The van der Waals surface area contributed by atoms with Crippen LogP contribution in [0, 0.1) is 5.82 Å². The van der Waals surface area contributed by atoms with Crippen molar-refractivity contribution in [1.82, 2.24) is 9.78 Å². The number of benzene rings is 1. The van der Waals surface area contributed by atoms with Crippen LogP contribution >= 0.6 is 0 Å². The molecule has 68 valence electrons. The number of rotatable bonds is 1. The molecule has 0 spiro atoms. The van der Waals surface area contributed by atoms with Crippen LogP contribution < -0.4 is 0 Å². The Morgan fingerprint density at radius 2 is 2.23 bits per heavy atom. The maximum Gasteiger partial charge on any atom is 0.128 e. The minimum Gasteiger partial charge on any atom is -0.268 e. The fourth-order valence-electron chi connectivity index (χ4n) is 1.66. The Kier molecular flexibility index (Phi) is 1.79. The summed E-state index contributed by atoms with van der Waals surface area (Å²) in [6.45, 7) is 1.95. The maximum absolute atomic E-state index is 13.3. The predicted octanol–water partition coefficient (Wildman–Crippen LogP) is 2.27. The van der Waals surface area contributed by atoms with Crippen LogP contribution in [-0.2, 0) is 13.5 Å². The topological polar surface area (TPSA) is 17.8 Å². The second kappa shape index (κ2) is 2.83. The lowest BCUT2D eigenvalue weighted by Crippen LogP contribution is -1.96. The van der Waals surface area contributed by atoms with Crippen LogP contribution in [0.1, 0.15) is 12.5 Å². The molecule has 1 aromatic carbocycles. The van der Waals surface area contributed by atoms with Gasteiger partial charge in [-0.25, -0.2) is 4.39 Å². The molecule has 0 aliphatic heterocycles. The van der Waals surface area contributed by atoms with Crippen molar-refractivity contribution in [3.63, 3.8) is 0 Å². The molecular formula is C10H11FN2. The van der Waals surface area contributed by atoms with Gasteiger partial charge in [0.1, 0.15) is 5.82 Å². The van der Waals surface area contributed by atoms with Crippen molar-refractivity contribution >= 4 is 10.9 Å². The molecule has 0 fully saturated rings. The number of nitrogens with zero attached hydrogens (tertiary/aromatic N) is 2. The lowest BCUT2D eigenvalue weighted by atomic mass is 10.1. The van der Waals surface area contributed by atoms with Gasteiger partial charge in [0.25, 0.3) is 0 Å². The molecule has 0 saturated carbocycles. The number of aromatic nitrogens is 2. The molecule has 0 aliphatic carbocycles. The minimum atomic E-state index is -0.140. The molecule has 2 nitrogen and oxygen atoms in total. The molecule has 0 bridgehead atoms. The minimum absolute atomic E-state index is 0.140. The Morgan fingerprint density at radius 3 is 2.92 bits per heavy atom. The molecule has 0 unspecified atom stereocenters. The quantitative estimate of drug-likeness (QED) is 0.655. The first-order valence-electron chi connectivity index (χ1n) is 4.33. The number of halogens is 1. The highest BCUT2D eigenvalue weighted by Crippen LogP contribution is 2.21. The lowest BCUT2D eigenvalue weighted by Gasteiger charge is -2.03. The van der Waals surface area contributed by atoms with Crippen LogP contribution in [0.5, 0.6) is 0 Å². The molecule has 13 heavy (non-hydrogen) atoms. The Bertz CT molecular complexity index is 445. The van der Waals surface area contributed by atoms with Crippen molar-refractivity contribution in [3.05, 3.63) is 29.7 Å². The van der Waals surface area contributed by atoms with Gasteiger partial charge in [-0.2, -0.15) is 5.10 Å². The van der Waals surface area contributed by atoms with Crippen LogP contribution in [-0.4, -0.2) is 9.78 Å². The van der Waals surface area contributed by atoms with Gasteiger partial charge >= 0.3 is 0 Å². The summed E-state index contributed by atoms with van der Waals surface area (Å²) in [5, 5.41) is 5.10. The fourth-order valence-corrected chi connectivity index (χ4v) is 1.66. The van der Waals surface area contributed by atoms with Crippen molar-refractivity contribution in [2.45, 2.75) is 13.3 Å². The molecule has 2 aromatic rings. The van der Waals surface area contributed by atoms with E-state index in [4.69, 9.17) is 0 Å². The number of fused-ring (bicyclic) bond motifs is 1. The molecule has 0 atom stereocenters. The van der Waals surface area contributed by atoms with E-state index < -0.39 is 0 Å². The molecule has 0 amide bonds. The average Bonchev–Trinajstić information content (AvgIpc) is 2.49. The lowest BCUT2D eigenvalue weighted by molar-refractivity contribution is 0.612. The van der Waals surface area contributed by atoms with E-state index in [1.165, 1.54) is 6.07 Å². The monoisotopic (exact) mass is 178 g/mol. The highest BCUT2D eigenvalue weighted by Gasteiger charge is 2.08. The number of aryl methyl sites for hydroxylation is 2. The molecular weight excluding hydrogens is 167 g/mol. The summed E-state index contributed by atoms with van der Waals surface area (Å²) in [6.07, 6.45) is 2.46. The summed E-state index contributed by atoms with van der Waals surface area (Å²) in [6, 6.07) is 3.26. The van der Waals surface area contributed by atoms with E-state index in [0.717, 1.165) is 16.5 Å². The molecule has 0 radical (unpaired) electrons. The standard InChI is InChI=1S/C10H11FN2/c1-3-8-9(11)5-4-7-6-12-13(2)10(7)8/h4-6H,3H2,1-2H3. The van der Waals surface area contributed by atoms with Gasteiger partial charge in [-0.3, -0.25) is 4.68 Å². The van der Waals surface area contributed by atoms with Crippen molar-refractivity contribution in [2.75, 3.05) is 0 Å².